The van der Waals surface area contributed by atoms with Gasteiger partial charge in [0, 0.05) is 11.1 Å². The van der Waals surface area contributed by atoms with E-state index in [1.165, 1.54) is 16.9 Å². The first-order valence-electron chi connectivity index (χ1n) is 8.85. The van der Waals surface area contributed by atoms with Gasteiger partial charge in [-0.05, 0) is 54.3 Å². The summed E-state index contributed by atoms with van der Waals surface area (Å²) in [6.45, 7) is 9.01. The molecule has 0 atom stereocenters. The lowest BCUT2D eigenvalue weighted by molar-refractivity contribution is 0.102. The Hall–Kier alpha value is -2.73. The summed E-state index contributed by atoms with van der Waals surface area (Å²) in [5.74, 6) is 0.628. The van der Waals surface area contributed by atoms with Crippen LogP contribution < -0.4 is 10.1 Å². The van der Waals surface area contributed by atoms with Crippen LogP contribution in [0.4, 0.5) is 5.13 Å². The summed E-state index contributed by atoms with van der Waals surface area (Å²) in [6, 6.07) is 15.3. The summed E-state index contributed by atoms with van der Waals surface area (Å²) in [7, 11) is 0. The third kappa shape index (κ3) is 4.71. The maximum atomic E-state index is 12.4. The number of aromatic nitrogens is 2. The molecule has 1 heterocycles. The molecule has 1 amide bonds. The molecule has 0 unspecified atom stereocenters. The summed E-state index contributed by atoms with van der Waals surface area (Å²) in [6.07, 6.45) is 0. The molecule has 0 aliphatic heterocycles. The Morgan fingerprint density at radius 1 is 1.04 bits per heavy atom. The molecular formula is C21H23N3O2S. The van der Waals surface area contributed by atoms with Crippen LogP contribution in [0.3, 0.4) is 0 Å². The molecule has 5 nitrogen and oxygen atoms in total. The van der Waals surface area contributed by atoms with Crippen molar-refractivity contribution < 1.29 is 9.53 Å². The number of nitrogens with one attached hydrogen (secondary N) is 1. The van der Waals surface area contributed by atoms with Gasteiger partial charge in [-0.15, -0.1) is 10.2 Å². The number of rotatable bonds is 5. The minimum Gasteiger partial charge on any atom is -0.494 e. The van der Waals surface area contributed by atoms with Crippen molar-refractivity contribution in [1.29, 1.82) is 0 Å². The second kappa shape index (κ2) is 7.88. The van der Waals surface area contributed by atoms with Crippen LogP contribution in [0.15, 0.2) is 48.5 Å². The Morgan fingerprint density at radius 2 is 1.70 bits per heavy atom. The molecule has 140 valence electrons. The van der Waals surface area contributed by atoms with Gasteiger partial charge in [-0.3, -0.25) is 10.1 Å². The smallest absolute Gasteiger partial charge is 0.257 e. The summed E-state index contributed by atoms with van der Waals surface area (Å²) >= 11 is 1.34. The molecule has 1 N–H and O–H groups in total. The van der Waals surface area contributed by atoms with Gasteiger partial charge in [0.15, 0.2) is 0 Å². The van der Waals surface area contributed by atoms with E-state index >= 15 is 0 Å². The maximum Gasteiger partial charge on any atom is 0.257 e. The third-order valence-corrected chi connectivity index (χ3v) is 4.96. The number of hydrogen-bond donors (Lipinski definition) is 1. The van der Waals surface area contributed by atoms with Crippen LogP contribution in [-0.2, 0) is 5.41 Å². The molecular weight excluding hydrogens is 358 g/mol. The Morgan fingerprint density at radius 3 is 2.30 bits per heavy atom. The summed E-state index contributed by atoms with van der Waals surface area (Å²) in [5.41, 5.74) is 2.78. The first-order chi connectivity index (χ1) is 12.9. The van der Waals surface area contributed by atoms with Gasteiger partial charge in [-0.1, -0.05) is 44.2 Å². The second-order valence-corrected chi connectivity index (χ2v) is 8.13. The summed E-state index contributed by atoms with van der Waals surface area (Å²) in [4.78, 5) is 12.4. The van der Waals surface area contributed by atoms with Crippen molar-refractivity contribution >= 4 is 22.4 Å². The molecule has 0 spiro atoms. The van der Waals surface area contributed by atoms with Gasteiger partial charge < -0.3 is 4.74 Å². The van der Waals surface area contributed by atoms with E-state index in [0.29, 0.717) is 17.3 Å². The highest BCUT2D eigenvalue weighted by Crippen LogP contribution is 2.28. The van der Waals surface area contributed by atoms with E-state index in [-0.39, 0.29) is 11.3 Å². The predicted molar refractivity (Wildman–Crippen MR) is 110 cm³/mol. The van der Waals surface area contributed by atoms with Crippen molar-refractivity contribution in [3.8, 4) is 16.3 Å². The van der Waals surface area contributed by atoms with Crippen LogP contribution >= 0.6 is 11.3 Å². The lowest BCUT2D eigenvalue weighted by Crippen LogP contribution is -2.14. The molecule has 0 saturated carbocycles. The van der Waals surface area contributed by atoms with Crippen LogP contribution in [0.1, 0.15) is 43.6 Å². The van der Waals surface area contributed by atoms with Gasteiger partial charge in [0.25, 0.3) is 5.91 Å². The highest BCUT2D eigenvalue weighted by molar-refractivity contribution is 7.18. The quantitative estimate of drug-likeness (QED) is 0.663. The minimum atomic E-state index is -0.190. The van der Waals surface area contributed by atoms with Crippen LogP contribution in [-0.4, -0.2) is 22.7 Å². The largest absolute Gasteiger partial charge is 0.494 e. The fraction of sp³-hybridized carbons (Fsp3) is 0.286. The maximum absolute atomic E-state index is 12.4. The standard InChI is InChI=1S/C21H23N3O2S/c1-5-26-17-12-8-15(9-13-17)19-23-24-20(27-19)22-18(25)14-6-10-16(11-7-14)21(2,3)4/h6-13H,5H2,1-4H3,(H,22,24,25). The first kappa shape index (κ1) is 19.0. The Bertz CT molecular complexity index is 910. The zero-order valence-corrected chi connectivity index (χ0v) is 16.8. The van der Waals surface area contributed by atoms with Gasteiger partial charge in [0.05, 0.1) is 6.61 Å². The van der Waals surface area contributed by atoms with E-state index in [4.69, 9.17) is 4.74 Å². The summed E-state index contributed by atoms with van der Waals surface area (Å²) < 4.78 is 5.44. The highest BCUT2D eigenvalue weighted by atomic mass is 32.1. The Labute approximate surface area is 163 Å². The van der Waals surface area contributed by atoms with Gasteiger partial charge in [0.2, 0.25) is 5.13 Å². The van der Waals surface area contributed by atoms with E-state index in [0.717, 1.165) is 16.3 Å². The van der Waals surface area contributed by atoms with Crippen molar-refractivity contribution in [2.75, 3.05) is 11.9 Å². The molecule has 0 saturated heterocycles. The number of carbonyl (C=O) groups excluding carboxylic acids is 1. The molecule has 0 fully saturated rings. The van der Waals surface area contributed by atoms with Crippen molar-refractivity contribution in [3.63, 3.8) is 0 Å². The number of anilines is 1. The van der Waals surface area contributed by atoms with E-state index in [1.807, 2.05) is 55.5 Å². The number of hydrogen-bond acceptors (Lipinski definition) is 5. The SMILES string of the molecule is CCOc1ccc(-c2nnc(NC(=O)c3ccc(C(C)(C)C)cc3)s2)cc1. The second-order valence-electron chi connectivity index (χ2n) is 7.15. The normalized spacial score (nSPS) is 11.3. The molecule has 0 radical (unpaired) electrons. The average molecular weight is 382 g/mol. The van der Waals surface area contributed by atoms with Gasteiger partial charge in [-0.2, -0.15) is 0 Å². The van der Waals surface area contributed by atoms with Crippen LogP contribution in [0.25, 0.3) is 10.6 Å². The van der Waals surface area contributed by atoms with Crippen LogP contribution in [0.5, 0.6) is 5.75 Å². The number of ether oxygens (including phenoxy) is 1. The molecule has 27 heavy (non-hydrogen) atoms. The van der Waals surface area contributed by atoms with Crippen molar-refractivity contribution in [1.82, 2.24) is 10.2 Å². The number of amides is 1. The Balaban J connectivity index is 1.69. The number of benzene rings is 2. The van der Waals surface area contributed by atoms with Crippen molar-refractivity contribution in [3.05, 3.63) is 59.7 Å². The highest BCUT2D eigenvalue weighted by Gasteiger charge is 2.15. The van der Waals surface area contributed by atoms with Crippen LogP contribution in [0, 0.1) is 0 Å². The topological polar surface area (TPSA) is 64.1 Å². The monoisotopic (exact) mass is 381 g/mol. The van der Waals surface area contributed by atoms with E-state index in [1.54, 1.807) is 0 Å². The average Bonchev–Trinajstić information content (AvgIpc) is 3.10. The molecule has 0 bridgehead atoms. The summed E-state index contributed by atoms with van der Waals surface area (Å²) in [5, 5.41) is 12.3. The van der Waals surface area contributed by atoms with Crippen molar-refractivity contribution in [2.24, 2.45) is 0 Å². The molecule has 0 aliphatic carbocycles. The lowest BCUT2D eigenvalue weighted by atomic mass is 9.87. The molecule has 3 aromatic rings. The minimum absolute atomic E-state index is 0.0564. The van der Waals surface area contributed by atoms with Gasteiger partial charge in [0.1, 0.15) is 10.8 Å². The van der Waals surface area contributed by atoms with E-state index in [2.05, 4.69) is 36.3 Å². The number of nitrogens with zero attached hydrogens (tertiary/aromatic N) is 2. The van der Waals surface area contributed by atoms with Gasteiger partial charge in [-0.25, -0.2) is 0 Å². The van der Waals surface area contributed by atoms with Gasteiger partial charge >= 0.3 is 0 Å². The van der Waals surface area contributed by atoms with E-state index < -0.39 is 0 Å². The fourth-order valence-corrected chi connectivity index (χ4v) is 3.29. The van der Waals surface area contributed by atoms with Crippen LogP contribution in [0.2, 0.25) is 0 Å². The fourth-order valence-electron chi connectivity index (χ4n) is 2.54. The third-order valence-electron chi connectivity index (χ3n) is 4.07. The molecule has 3 rings (SSSR count). The molecule has 1 aromatic heterocycles. The molecule has 0 aliphatic rings. The zero-order chi connectivity index (χ0) is 19.4. The lowest BCUT2D eigenvalue weighted by Gasteiger charge is -2.18. The predicted octanol–water partition coefficient (Wildman–Crippen LogP) is 5.15. The van der Waals surface area contributed by atoms with Crippen molar-refractivity contribution in [2.45, 2.75) is 33.1 Å². The number of carbonyl (C=O) groups is 1. The zero-order valence-electron chi connectivity index (χ0n) is 15.9. The van der Waals surface area contributed by atoms with E-state index in [9.17, 15) is 4.79 Å². The molecule has 2 aromatic carbocycles. The molecule has 6 heteroatoms. The Kier molecular flexibility index (Phi) is 5.56. The first-order valence-corrected chi connectivity index (χ1v) is 9.67.